The third-order valence-corrected chi connectivity index (χ3v) is 2.87. The molecule has 0 aromatic heterocycles. The number of carbonyl (C=O) groups is 1. The van der Waals surface area contributed by atoms with Crippen LogP contribution >= 0.6 is 0 Å². The molecule has 0 aliphatic heterocycles. The van der Waals surface area contributed by atoms with Crippen molar-refractivity contribution in [1.29, 1.82) is 0 Å². The normalized spacial score (nSPS) is 12.2. The van der Waals surface area contributed by atoms with Gasteiger partial charge in [0.15, 0.2) is 0 Å². The van der Waals surface area contributed by atoms with Gasteiger partial charge in [-0.1, -0.05) is 23.8 Å². The number of carbonyl (C=O) groups excluding carboxylic acids is 1. The first-order chi connectivity index (χ1) is 8.54. The molecule has 1 rings (SSSR count). The van der Waals surface area contributed by atoms with Crippen LogP contribution in [0.2, 0.25) is 0 Å². The van der Waals surface area contributed by atoms with Crippen LogP contribution in [0.3, 0.4) is 0 Å². The average molecular weight is 250 g/mol. The lowest BCUT2D eigenvalue weighted by molar-refractivity contribution is -0.123. The minimum atomic E-state index is -0.589. The molecule has 100 valence electrons. The number of rotatable bonds is 6. The molecule has 18 heavy (non-hydrogen) atoms. The highest BCUT2D eigenvalue weighted by atomic mass is 16.5. The number of ether oxygens (including phenoxy) is 1. The highest BCUT2D eigenvalue weighted by Crippen LogP contribution is 2.10. The Balaban J connectivity index is 2.39. The maximum absolute atomic E-state index is 11.5. The average Bonchev–Trinajstić information content (AvgIpc) is 2.32. The van der Waals surface area contributed by atoms with E-state index in [1.165, 1.54) is 23.8 Å². The molecule has 0 spiro atoms. The van der Waals surface area contributed by atoms with Gasteiger partial charge in [-0.15, -0.1) is 0 Å². The lowest BCUT2D eigenvalue weighted by atomic mass is 10.0. The summed E-state index contributed by atoms with van der Waals surface area (Å²) in [6, 6.07) is 5.75. The molecule has 0 saturated carbocycles. The van der Waals surface area contributed by atoms with Crippen LogP contribution in [0.15, 0.2) is 18.2 Å². The van der Waals surface area contributed by atoms with Crippen molar-refractivity contribution in [3.05, 3.63) is 34.9 Å². The standard InChI is InChI=1S/C14H22N2O2/c1-10-4-5-12(11(2)8-10)6-7-16-14(17)13(15)9-18-3/h4-5,8,13H,6-7,9,15H2,1-3H3,(H,16,17). The van der Waals surface area contributed by atoms with Gasteiger partial charge < -0.3 is 15.8 Å². The topological polar surface area (TPSA) is 64.3 Å². The van der Waals surface area contributed by atoms with Crippen molar-refractivity contribution in [1.82, 2.24) is 5.32 Å². The summed E-state index contributed by atoms with van der Waals surface area (Å²) in [5.41, 5.74) is 9.38. The Labute approximate surface area is 109 Å². The first kappa shape index (κ1) is 14.7. The van der Waals surface area contributed by atoms with Gasteiger partial charge in [0.05, 0.1) is 6.61 Å². The maximum atomic E-state index is 11.5. The van der Waals surface area contributed by atoms with Gasteiger partial charge in [0.25, 0.3) is 0 Å². The molecule has 0 aliphatic rings. The summed E-state index contributed by atoms with van der Waals surface area (Å²) in [6.45, 7) is 5.00. The minimum absolute atomic E-state index is 0.165. The minimum Gasteiger partial charge on any atom is -0.383 e. The predicted octanol–water partition coefficient (Wildman–Crippen LogP) is 0.936. The number of nitrogens with one attached hydrogen (secondary N) is 1. The lowest BCUT2D eigenvalue weighted by Gasteiger charge is -2.12. The monoisotopic (exact) mass is 250 g/mol. The van der Waals surface area contributed by atoms with Crippen molar-refractivity contribution in [3.63, 3.8) is 0 Å². The van der Waals surface area contributed by atoms with E-state index in [2.05, 4.69) is 37.4 Å². The molecule has 0 heterocycles. The Kier molecular flexibility index (Phi) is 5.82. The summed E-state index contributed by atoms with van der Waals surface area (Å²) in [5, 5.41) is 2.81. The van der Waals surface area contributed by atoms with Crippen LogP contribution in [0.25, 0.3) is 0 Å². The highest BCUT2D eigenvalue weighted by Gasteiger charge is 2.11. The fraction of sp³-hybridized carbons (Fsp3) is 0.500. The molecular weight excluding hydrogens is 228 g/mol. The van der Waals surface area contributed by atoms with Gasteiger partial charge in [-0.3, -0.25) is 4.79 Å². The summed E-state index contributed by atoms with van der Waals surface area (Å²) in [7, 11) is 1.53. The second-order valence-corrected chi connectivity index (χ2v) is 4.53. The third kappa shape index (κ3) is 4.47. The zero-order valence-electron chi connectivity index (χ0n) is 11.3. The summed E-state index contributed by atoms with van der Waals surface area (Å²) in [5.74, 6) is -0.165. The van der Waals surface area contributed by atoms with Gasteiger partial charge >= 0.3 is 0 Å². The van der Waals surface area contributed by atoms with E-state index in [0.29, 0.717) is 6.54 Å². The number of hydrogen-bond donors (Lipinski definition) is 2. The van der Waals surface area contributed by atoms with Crippen molar-refractivity contribution in [2.45, 2.75) is 26.3 Å². The molecule has 4 nitrogen and oxygen atoms in total. The summed E-state index contributed by atoms with van der Waals surface area (Å²) in [4.78, 5) is 11.5. The molecule has 1 aromatic rings. The van der Waals surface area contributed by atoms with E-state index in [9.17, 15) is 4.79 Å². The largest absolute Gasteiger partial charge is 0.383 e. The van der Waals surface area contributed by atoms with Crippen LogP contribution in [0.1, 0.15) is 16.7 Å². The second kappa shape index (κ2) is 7.13. The van der Waals surface area contributed by atoms with E-state index < -0.39 is 6.04 Å². The van der Waals surface area contributed by atoms with Gasteiger partial charge in [0.2, 0.25) is 5.91 Å². The fourth-order valence-corrected chi connectivity index (χ4v) is 1.83. The Morgan fingerprint density at radius 2 is 2.17 bits per heavy atom. The summed E-state index contributed by atoms with van der Waals surface area (Å²) in [6.07, 6.45) is 0.817. The SMILES string of the molecule is COCC(N)C(=O)NCCc1ccc(C)cc1C. The van der Waals surface area contributed by atoms with Crippen LogP contribution in [0.4, 0.5) is 0 Å². The van der Waals surface area contributed by atoms with E-state index in [-0.39, 0.29) is 12.5 Å². The van der Waals surface area contributed by atoms with Crippen LogP contribution in [0, 0.1) is 13.8 Å². The Morgan fingerprint density at radius 1 is 1.44 bits per heavy atom. The molecule has 0 bridgehead atoms. The molecule has 3 N–H and O–H groups in total. The molecule has 0 aliphatic carbocycles. The van der Waals surface area contributed by atoms with Crippen LogP contribution in [0.5, 0.6) is 0 Å². The van der Waals surface area contributed by atoms with Gasteiger partial charge in [-0.25, -0.2) is 0 Å². The molecule has 0 radical (unpaired) electrons. The number of amides is 1. The maximum Gasteiger partial charge on any atom is 0.239 e. The molecule has 1 aromatic carbocycles. The van der Waals surface area contributed by atoms with Crippen molar-refractivity contribution in [3.8, 4) is 0 Å². The first-order valence-corrected chi connectivity index (χ1v) is 6.13. The van der Waals surface area contributed by atoms with E-state index in [4.69, 9.17) is 10.5 Å². The van der Waals surface area contributed by atoms with E-state index in [1.54, 1.807) is 0 Å². The molecule has 0 saturated heterocycles. The quantitative estimate of drug-likeness (QED) is 0.789. The predicted molar refractivity (Wildman–Crippen MR) is 72.5 cm³/mol. The van der Waals surface area contributed by atoms with Crippen molar-refractivity contribution < 1.29 is 9.53 Å². The van der Waals surface area contributed by atoms with Crippen molar-refractivity contribution in [2.24, 2.45) is 5.73 Å². The van der Waals surface area contributed by atoms with Gasteiger partial charge in [0.1, 0.15) is 6.04 Å². The molecule has 1 amide bonds. The second-order valence-electron chi connectivity index (χ2n) is 4.53. The molecular formula is C14H22N2O2. The van der Waals surface area contributed by atoms with Crippen LogP contribution in [-0.2, 0) is 16.0 Å². The lowest BCUT2D eigenvalue weighted by Crippen LogP contribution is -2.44. The highest BCUT2D eigenvalue weighted by molar-refractivity contribution is 5.81. The zero-order valence-corrected chi connectivity index (χ0v) is 11.3. The van der Waals surface area contributed by atoms with Gasteiger partial charge in [-0.05, 0) is 31.4 Å². The molecule has 4 heteroatoms. The molecule has 0 fully saturated rings. The summed E-state index contributed by atoms with van der Waals surface area (Å²) < 4.78 is 4.84. The number of aryl methyl sites for hydroxylation is 2. The Hall–Kier alpha value is -1.39. The van der Waals surface area contributed by atoms with Gasteiger partial charge in [-0.2, -0.15) is 0 Å². The number of nitrogens with two attached hydrogens (primary N) is 1. The van der Waals surface area contributed by atoms with E-state index in [0.717, 1.165) is 6.42 Å². The Bertz CT molecular complexity index is 405. The smallest absolute Gasteiger partial charge is 0.239 e. The molecule has 1 unspecified atom stereocenters. The van der Waals surface area contributed by atoms with E-state index >= 15 is 0 Å². The number of hydrogen-bond acceptors (Lipinski definition) is 3. The van der Waals surface area contributed by atoms with Crippen molar-refractivity contribution >= 4 is 5.91 Å². The zero-order chi connectivity index (χ0) is 13.5. The first-order valence-electron chi connectivity index (χ1n) is 6.13. The van der Waals surface area contributed by atoms with Crippen LogP contribution in [-0.4, -0.2) is 32.2 Å². The van der Waals surface area contributed by atoms with E-state index in [1.807, 2.05) is 0 Å². The Morgan fingerprint density at radius 3 is 2.78 bits per heavy atom. The third-order valence-electron chi connectivity index (χ3n) is 2.87. The number of methoxy groups -OCH3 is 1. The van der Waals surface area contributed by atoms with Gasteiger partial charge in [0, 0.05) is 13.7 Å². The van der Waals surface area contributed by atoms with Crippen LogP contribution < -0.4 is 11.1 Å². The number of benzene rings is 1. The fourth-order valence-electron chi connectivity index (χ4n) is 1.83. The van der Waals surface area contributed by atoms with Crippen molar-refractivity contribution in [2.75, 3.05) is 20.3 Å². The summed E-state index contributed by atoms with van der Waals surface area (Å²) >= 11 is 0. The molecule has 1 atom stereocenters.